The molecule has 1 rings (SSSR count). The second-order valence-corrected chi connectivity index (χ2v) is 4.54. The molecule has 0 heterocycles. The summed E-state index contributed by atoms with van der Waals surface area (Å²) in [6.07, 6.45) is 0. The molecule has 0 bridgehead atoms. The Morgan fingerprint density at radius 3 is 2.00 bits per heavy atom. The summed E-state index contributed by atoms with van der Waals surface area (Å²) in [6.45, 7) is 0. The van der Waals surface area contributed by atoms with Gasteiger partial charge in [-0.15, -0.1) is 0 Å². The molecule has 0 atom stereocenters. The molecule has 1 aromatic carbocycles. The van der Waals surface area contributed by atoms with Gasteiger partial charge in [0, 0.05) is 4.47 Å². The van der Waals surface area contributed by atoms with Crippen molar-refractivity contribution >= 4 is 26.4 Å². The zero-order chi connectivity index (χ0) is 8.48. The first-order valence-electron chi connectivity index (χ1n) is 2.82. The molecule has 62 valence electrons. The third-order valence-corrected chi connectivity index (χ3v) is 2.66. The maximum Gasteiger partial charge on any atom is 0.0995 e. The largest absolute Gasteiger partial charge is 0.306 e. The molecule has 0 radical (unpaired) electrons. The quantitative estimate of drug-likeness (QED) is 0.654. The molecule has 2 N–H and O–H groups in total. The van der Waals surface area contributed by atoms with Gasteiger partial charge < -0.3 is 9.11 Å². The van der Waals surface area contributed by atoms with E-state index in [9.17, 15) is 4.21 Å². The predicted molar refractivity (Wildman–Crippen MR) is 47.2 cm³/mol. The molecule has 0 aliphatic heterocycles. The maximum atomic E-state index is 10.6. The van der Waals surface area contributed by atoms with E-state index in [-0.39, 0.29) is 4.90 Å². The standard InChI is InChI=1S/C6H7BrO3S/c7-5-1-3-6(4-2-5)11(8,9)10/h1-4,11H,(H2,8,9,10). The first-order valence-corrected chi connectivity index (χ1v) is 5.22. The van der Waals surface area contributed by atoms with E-state index in [0.29, 0.717) is 0 Å². The monoisotopic (exact) mass is 238 g/mol. The van der Waals surface area contributed by atoms with Gasteiger partial charge in [0.25, 0.3) is 0 Å². The molecule has 0 aromatic heterocycles. The van der Waals surface area contributed by atoms with Crippen molar-refractivity contribution in [3.8, 4) is 0 Å². The highest BCUT2D eigenvalue weighted by Gasteiger charge is 2.06. The van der Waals surface area contributed by atoms with E-state index in [2.05, 4.69) is 15.9 Å². The molecule has 0 aliphatic rings. The number of rotatable bonds is 1. The molecule has 1 aromatic rings. The van der Waals surface area contributed by atoms with E-state index < -0.39 is 10.5 Å². The fraction of sp³-hybridized carbons (Fsp3) is 0. The molecule has 0 spiro atoms. The Hall–Kier alpha value is -0.230. The van der Waals surface area contributed by atoms with Gasteiger partial charge in [0.15, 0.2) is 0 Å². The molecule has 0 unspecified atom stereocenters. The van der Waals surface area contributed by atoms with Crippen molar-refractivity contribution in [3.05, 3.63) is 28.7 Å². The summed E-state index contributed by atoms with van der Waals surface area (Å²) in [7, 11) is -4.06. The number of hydrogen-bond acceptors (Lipinski definition) is 1. The SMILES string of the molecule is O=[SH](O)(O)c1ccc(Br)cc1. The van der Waals surface area contributed by atoms with Crippen molar-refractivity contribution in [1.29, 1.82) is 0 Å². The average Bonchev–Trinajstić information content (AvgIpc) is 1.86. The van der Waals surface area contributed by atoms with E-state index in [4.69, 9.17) is 9.11 Å². The van der Waals surface area contributed by atoms with Crippen molar-refractivity contribution < 1.29 is 13.3 Å². The van der Waals surface area contributed by atoms with Crippen LogP contribution in [-0.4, -0.2) is 13.3 Å². The molecule has 0 saturated heterocycles. The summed E-state index contributed by atoms with van der Waals surface area (Å²) in [6, 6.07) is 5.97. The van der Waals surface area contributed by atoms with Crippen LogP contribution in [0.5, 0.6) is 0 Å². The summed E-state index contributed by atoms with van der Waals surface area (Å²) in [5, 5.41) is 0. The number of hydrogen-bond donors (Lipinski definition) is 3. The van der Waals surface area contributed by atoms with E-state index in [0.717, 1.165) is 4.47 Å². The van der Waals surface area contributed by atoms with Gasteiger partial charge in [-0.3, -0.25) is 0 Å². The molecule has 0 fully saturated rings. The highest BCUT2D eigenvalue weighted by Crippen LogP contribution is 2.16. The van der Waals surface area contributed by atoms with E-state index in [1.807, 2.05) is 0 Å². The number of halogens is 1. The minimum absolute atomic E-state index is 0.0423. The summed E-state index contributed by atoms with van der Waals surface area (Å²) in [5.74, 6) is 0. The number of thiol groups is 1. The van der Waals surface area contributed by atoms with Crippen LogP contribution in [-0.2, 0) is 10.5 Å². The van der Waals surface area contributed by atoms with Gasteiger partial charge in [-0.05, 0) is 24.3 Å². The van der Waals surface area contributed by atoms with Crippen molar-refractivity contribution in [3.63, 3.8) is 0 Å². The van der Waals surface area contributed by atoms with Gasteiger partial charge in [-0.1, -0.05) is 15.9 Å². The minimum Gasteiger partial charge on any atom is -0.306 e. The predicted octanol–water partition coefficient (Wildman–Crippen LogP) is 1.77. The van der Waals surface area contributed by atoms with Gasteiger partial charge in [0.2, 0.25) is 0 Å². The first kappa shape index (κ1) is 8.86. The van der Waals surface area contributed by atoms with Crippen LogP contribution in [0, 0.1) is 0 Å². The zero-order valence-electron chi connectivity index (χ0n) is 5.44. The fourth-order valence-electron chi connectivity index (χ4n) is 0.635. The van der Waals surface area contributed by atoms with Crippen LogP contribution in [0.2, 0.25) is 0 Å². The second kappa shape index (κ2) is 3.02. The molecule has 0 amide bonds. The highest BCUT2D eigenvalue weighted by atomic mass is 79.9. The maximum absolute atomic E-state index is 10.6. The molecule has 11 heavy (non-hydrogen) atoms. The highest BCUT2D eigenvalue weighted by molar-refractivity contribution is 9.10. The molecule has 0 saturated carbocycles. The molecular formula is C6H7BrO3S. The van der Waals surface area contributed by atoms with Crippen LogP contribution in [0.25, 0.3) is 0 Å². The Bertz CT molecular complexity index is 289. The Morgan fingerprint density at radius 2 is 1.64 bits per heavy atom. The fourth-order valence-corrected chi connectivity index (χ4v) is 1.44. The van der Waals surface area contributed by atoms with Crippen molar-refractivity contribution in [2.45, 2.75) is 4.90 Å². The van der Waals surface area contributed by atoms with Crippen LogP contribution in [0.4, 0.5) is 0 Å². The van der Waals surface area contributed by atoms with Crippen LogP contribution in [0.3, 0.4) is 0 Å². The van der Waals surface area contributed by atoms with Gasteiger partial charge >= 0.3 is 0 Å². The Kier molecular flexibility index (Phi) is 2.43. The summed E-state index contributed by atoms with van der Waals surface area (Å²) < 4.78 is 28.8. The Balaban J connectivity index is 3.09. The lowest BCUT2D eigenvalue weighted by Crippen LogP contribution is -2.07. The third-order valence-electron chi connectivity index (χ3n) is 1.16. The van der Waals surface area contributed by atoms with Crippen LogP contribution >= 0.6 is 15.9 Å². The van der Waals surface area contributed by atoms with Gasteiger partial charge in [0.05, 0.1) is 15.4 Å². The van der Waals surface area contributed by atoms with Crippen molar-refractivity contribution in [1.82, 2.24) is 0 Å². The summed E-state index contributed by atoms with van der Waals surface area (Å²) in [4.78, 5) is 0.0423. The first-order chi connectivity index (χ1) is 5.00. The molecular weight excluding hydrogens is 232 g/mol. The zero-order valence-corrected chi connectivity index (χ0v) is 7.92. The normalized spacial score (nSPS) is 13.0. The number of benzene rings is 1. The van der Waals surface area contributed by atoms with Crippen LogP contribution in [0.15, 0.2) is 33.6 Å². The second-order valence-electron chi connectivity index (χ2n) is 2.02. The minimum atomic E-state index is -4.06. The molecule has 5 heteroatoms. The lowest BCUT2D eigenvalue weighted by Gasteiger charge is -2.09. The average molecular weight is 239 g/mol. The summed E-state index contributed by atoms with van der Waals surface area (Å²) >= 11 is 3.16. The third kappa shape index (κ3) is 2.37. The summed E-state index contributed by atoms with van der Waals surface area (Å²) in [5.41, 5.74) is 0. The molecule has 0 aliphatic carbocycles. The van der Waals surface area contributed by atoms with E-state index >= 15 is 0 Å². The Labute approximate surface area is 73.6 Å². The lowest BCUT2D eigenvalue weighted by molar-refractivity contribution is 0.423. The van der Waals surface area contributed by atoms with Crippen molar-refractivity contribution in [2.75, 3.05) is 0 Å². The van der Waals surface area contributed by atoms with Crippen LogP contribution in [0.1, 0.15) is 0 Å². The Morgan fingerprint density at radius 1 is 1.18 bits per heavy atom. The van der Waals surface area contributed by atoms with Gasteiger partial charge in [-0.2, -0.15) is 0 Å². The van der Waals surface area contributed by atoms with Crippen LogP contribution < -0.4 is 0 Å². The van der Waals surface area contributed by atoms with Gasteiger partial charge in [-0.25, -0.2) is 4.21 Å². The smallest absolute Gasteiger partial charge is 0.0995 e. The van der Waals surface area contributed by atoms with Gasteiger partial charge in [0.1, 0.15) is 0 Å². The molecule has 3 nitrogen and oxygen atoms in total. The topological polar surface area (TPSA) is 57.5 Å². The van der Waals surface area contributed by atoms with E-state index in [1.165, 1.54) is 12.1 Å². The lowest BCUT2D eigenvalue weighted by atomic mass is 10.4. The van der Waals surface area contributed by atoms with Crippen molar-refractivity contribution in [2.24, 2.45) is 0 Å². The van der Waals surface area contributed by atoms with E-state index in [1.54, 1.807) is 12.1 Å².